The predicted octanol–water partition coefficient (Wildman–Crippen LogP) is 1.89. The molecule has 1 aromatic heterocycles. The Morgan fingerprint density at radius 1 is 1.40 bits per heavy atom. The lowest BCUT2D eigenvalue weighted by molar-refractivity contribution is 0.273. The van der Waals surface area contributed by atoms with E-state index in [1.807, 2.05) is 13.0 Å². The molecule has 0 aliphatic carbocycles. The van der Waals surface area contributed by atoms with Gasteiger partial charge in [-0.2, -0.15) is 0 Å². The normalized spacial score (nSPS) is 12.9. The molecule has 15 heavy (non-hydrogen) atoms. The third-order valence-corrected chi connectivity index (χ3v) is 2.53. The summed E-state index contributed by atoms with van der Waals surface area (Å²) in [7, 11) is 0. The van der Waals surface area contributed by atoms with Gasteiger partial charge < -0.3 is 9.52 Å². The van der Waals surface area contributed by atoms with Crippen LogP contribution in [-0.4, -0.2) is 11.7 Å². The van der Waals surface area contributed by atoms with Crippen molar-refractivity contribution in [2.24, 2.45) is 0 Å². The van der Waals surface area contributed by atoms with E-state index in [1.54, 1.807) is 12.1 Å². The summed E-state index contributed by atoms with van der Waals surface area (Å²) in [6.45, 7) is 1.98. The van der Waals surface area contributed by atoms with Gasteiger partial charge in [-0.05, 0) is 17.7 Å². The topological polar surface area (TPSA) is 50.4 Å². The van der Waals surface area contributed by atoms with Gasteiger partial charge in [-0.15, -0.1) is 0 Å². The van der Waals surface area contributed by atoms with Crippen LogP contribution >= 0.6 is 0 Å². The molecule has 0 aliphatic rings. The maximum absolute atomic E-state index is 11.5. The van der Waals surface area contributed by atoms with Gasteiger partial charge in [0.25, 0.3) is 0 Å². The highest BCUT2D eigenvalue weighted by Gasteiger charge is 2.06. The smallest absolute Gasteiger partial charge is 0.192 e. The van der Waals surface area contributed by atoms with Crippen LogP contribution in [0.1, 0.15) is 18.4 Å². The molecule has 78 valence electrons. The zero-order valence-electron chi connectivity index (χ0n) is 8.43. The van der Waals surface area contributed by atoms with E-state index in [4.69, 9.17) is 9.52 Å². The Hall–Kier alpha value is -1.61. The molecule has 0 bridgehead atoms. The highest BCUT2D eigenvalue weighted by Crippen LogP contribution is 2.18. The summed E-state index contributed by atoms with van der Waals surface area (Å²) < 4.78 is 5.20. The van der Waals surface area contributed by atoms with Crippen molar-refractivity contribution in [2.45, 2.75) is 12.8 Å². The van der Waals surface area contributed by atoms with Crippen LogP contribution in [0.2, 0.25) is 0 Å². The van der Waals surface area contributed by atoms with Gasteiger partial charge in [0.2, 0.25) is 0 Å². The molecule has 0 aliphatic heterocycles. The summed E-state index contributed by atoms with van der Waals surface area (Å²) in [5.41, 5.74) is 1.48. The number of hydrogen-bond donors (Lipinski definition) is 1. The van der Waals surface area contributed by atoms with Crippen molar-refractivity contribution in [3.05, 3.63) is 46.3 Å². The van der Waals surface area contributed by atoms with Gasteiger partial charge in [0.1, 0.15) is 5.58 Å². The SMILES string of the molecule is CC(CO)c1ccc2occc(=O)c2c1. The third kappa shape index (κ3) is 1.78. The Bertz CT molecular complexity index is 528. The first-order chi connectivity index (χ1) is 7.22. The molecule has 1 heterocycles. The van der Waals surface area contributed by atoms with E-state index in [0.29, 0.717) is 11.0 Å². The molecule has 1 N–H and O–H groups in total. The molecule has 0 fully saturated rings. The number of rotatable bonds is 2. The number of fused-ring (bicyclic) bond motifs is 1. The Balaban J connectivity index is 2.65. The standard InChI is InChI=1S/C12H12O3/c1-8(7-13)9-2-3-12-10(6-9)11(14)4-5-15-12/h2-6,8,13H,7H2,1H3. The minimum absolute atomic E-state index is 0.0361. The minimum atomic E-state index is -0.0526. The second kappa shape index (κ2) is 3.87. The fourth-order valence-corrected chi connectivity index (χ4v) is 1.51. The molecule has 0 amide bonds. The van der Waals surface area contributed by atoms with Gasteiger partial charge in [0.05, 0.1) is 11.6 Å². The summed E-state index contributed by atoms with van der Waals surface area (Å²) in [6.07, 6.45) is 1.39. The van der Waals surface area contributed by atoms with Crippen LogP contribution in [0.3, 0.4) is 0 Å². The summed E-state index contributed by atoms with van der Waals surface area (Å²) in [5, 5.41) is 9.59. The van der Waals surface area contributed by atoms with Crippen LogP contribution in [0.5, 0.6) is 0 Å². The van der Waals surface area contributed by atoms with Gasteiger partial charge in [-0.3, -0.25) is 4.79 Å². The molecule has 3 nitrogen and oxygen atoms in total. The first-order valence-electron chi connectivity index (χ1n) is 4.84. The monoisotopic (exact) mass is 204 g/mol. The van der Waals surface area contributed by atoms with Crippen LogP contribution in [-0.2, 0) is 0 Å². The van der Waals surface area contributed by atoms with Gasteiger partial charge in [0.15, 0.2) is 5.43 Å². The zero-order chi connectivity index (χ0) is 10.8. The van der Waals surface area contributed by atoms with Crippen molar-refractivity contribution < 1.29 is 9.52 Å². The van der Waals surface area contributed by atoms with Crippen molar-refractivity contribution in [1.29, 1.82) is 0 Å². The molecule has 1 atom stereocenters. The van der Waals surface area contributed by atoms with Gasteiger partial charge in [-0.25, -0.2) is 0 Å². The first kappa shape index (κ1) is 9.93. The highest BCUT2D eigenvalue weighted by molar-refractivity contribution is 5.77. The van der Waals surface area contributed by atoms with E-state index < -0.39 is 0 Å². The summed E-state index contributed by atoms with van der Waals surface area (Å²) >= 11 is 0. The molecular weight excluding hydrogens is 192 g/mol. The molecule has 1 aromatic carbocycles. The number of benzene rings is 1. The fraction of sp³-hybridized carbons (Fsp3) is 0.250. The molecule has 0 saturated carbocycles. The zero-order valence-corrected chi connectivity index (χ0v) is 8.43. The summed E-state index contributed by atoms with van der Waals surface area (Å²) in [5.74, 6) is 0.0361. The third-order valence-electron chi connectivity index (χ3n) is 2.53. The molecule has 0 saturated heterocycles. The summed E-state index contributed by atoms with van der Waals surface area (Å²) in [6, 6.07) is 6.81. The molecule has 2 rings (SSSR count). The van der Waals surface area contributed by atoms with E-state index in [-0.39, 0.29) is 18.0 Å². The number of aliphatic hydroxyl groups excluding tert-OH is 1. The average Bonchev–Trinajstić information content (AvgIpc) is 2.28. The van der Waals surface area contributed by atoms with Crippen LogP contribution in [0.4, 0.5) is 0 Å². The van der Waals surface area contributed by atoms with Gasteiger partial charge in [-0.1, -0.05) is 13.0 Å². The van der Waals surface area contributed by atoms with Gasteiger partial charge in [0, 0.05) is 18.6 Å². The molecule has 2 aromatic rings. The molecule has 0 spiro atoms. The lowest BCUT2D eigenvalue weighted by Crippen LogP contribution is -2.02. The molecule has 1 unspecified atom stereocenters. The lowest BCUT2D eigenvalue weighted by atomic mass is 10.0. The Labute approximate surface area is 87.0 Å². The highest BCUT2D eigenvalue weighted by atomic mass is 16.3. The summed E-state index contributed by atoms with van der Waals surface area (Å²) in [4.78, 5) is 11.5. The van der Waals surface area contributed by atoms with Crippen LogP contribution < -0.4 is 5.43 Å². The van der Waals surface area contributed by atoms with Crippen molar-refractivity contribution in [1.82, 2.24) is 0 Å². The van der Waals surface area contributed by atoms with Crippen molar-refractivity contribution in [3.63, 3.8) is 0 Å². The average molecular weight is 204 g/mol. The largest absolute Gasteiger partial charge is 0.464 e. The molecule has 0 radical (unpaired) electrons. The molecule has 3 heteroatoms. The second-order valence-corrected chi connectivity index (χ2v) is 3.62. The van der Waals surface area contributed by atoms with E-state index >= 15 is 0 Å². The van der Waals surface area contributed by atoms with Crippen LogP contribution in [0.15, 0.2) is 39.7 Å². The second-order valence-electron chi connectivity index (χ2n) is 3.62. The lowest BCUT2D eigenvalue weighted by Gasteiger charge is -2.08. The maximum atomic E-state index is 11.5. The Morgan fingerprint density at radius 3 is 2.93 bits per heavy atom. The predicted molar refractivity (Wildman–Crippen MR) is 58.0 cm³/mol. The van der Waals surface area contributed by atoms with E-state index in [1.165, 1.54) is 12.3 Å². The van der Waals surface area contributed by atoms with Crippen molar-refractivity contribution in [2.75, 3.05) is 6.61 Å². The van der Waals surface area contributed by atoms with Crippen molar-refractivity contribution in [3.8, 4) is 0 Å². The maximum Gasteiger partial charge on any atom is 0.192 e. The van der Waals surface area contributed by atoms with E-state index in [0.717, 1.165) is 5.56 Å². The van der Waals surface area contributed by atoms with Crippen molar-refractivity contribution >= 4 is 11.0 Å². The Morgan fingerprint density at radius 2 is 2.20 bits per heavy atom. The number of aliphatic hydroxyl groups is 1. The van der Waals surface area contributed by atoms with E-state index in [9.17, 15) is 4.79 Å². The van der Waals surface area contributed by atoms with Crippen LogP contribution in [0, 0.1) is 0 Å². The molecular formula is C12H12O3. The quantitative estimate of drug-likeness (QED) is 0.812. The number of hydrogen-bond acceptors (Lipinski definition) is 3. The fourth-order valence-electron chi connectivity index (χ4n) is 1.51. The first-order valence-corrected chi connectivity index (χ1v) is 4.84. The van der Waals surface area contributed by atoms with Crippen LogP contribution in [0.25, 0.3) is 11.0 Å². The Kier molecular flexibility index (Phi) is 2.56. The minimum Gasteiger partial charge on any atom is -0.464 e. The van der Waals surface area contributed by atoms with Gasteiger partial charge >= 0.3 is 0 Å². The van der Waals surface area contributed by atoms with E-state index in [2.05, 4.69) is 0 Å².